The van der Waals surface area contributed by atoms with E-state index in [1.807, 2.05) is 0 Å². The third-order valence-electron chi connectivity index (χ3n) is 5.48. The van der Waals surface area contributed by atoms with Gasteiger partial charge in [0, 0.05) is 37.0 Å². The molecule has 2 N–H and O–H groups in total. The van der Waals surface area contributed by atoms with E-state index in [2.05, 4.69) is 48.3 Å². The van der Waals surface area contributed by atoms with E-state index in [0.717, 1.165) is 16.9 Å². The van der Waals surface area contributed by atoms with Crippen LogP contribution < -0.4 is 10.6 Å². The SMILES string of the molecule is C=CN=C(/C=C(\C)Nc1nc(NC2CC(F)(F)C2)nc(-n2ccc(C(F)(F)F)n2)n1)C1(C#N)CC1. The lowest BCUT2D eigenvalue weighted by molar-refractivity contribution is -0.141. The molecule has 0 radical (unpaired) electrons. The Kier molecular flexibility index (Phi) is 6.04. The first kappa shape index (κ1) is 24.2. The monoisotopic (exact) mass is 493 g/mol. The molecule has 184 valence electrons. The predicted molar refractivity (Wildman–Crippen MR) is 116 cm³/mol. The first-order chi connectivity index (χ1) is 16.4. The number of nitrogens with zero attached hydrogens (tertiary/aromatic N) is 7. The molecule has 2 aliphatic rings. The second-order valence-electron chi connectivity index (χ2n) is 8.37. The van der Waals surface area contributed by atoms with Gasteiger partial charge in [-0.05, 0) is 31.9 Å². The van der Waals surface area contributed by atoms with Gasteiger partial charge in [0.15, 0.2) is 5.69 Å². The summed E-state index contributed by atoms with van der Waals surface area (Å²) in [5.74, 6) is -3.22. The third kappa shape index (κ3) is 5.44. The Bertz CT molecular complexity index is 1230. The van der Waals surface area contributed by atoms with Gasteiger partial charge in [0.2, 0.25) is 11.9 Å². The van der Waals surface area contributed by atoms with Crippen LogP contribution in [0.15, 0.2) is 41.8 Å². The van der Waals surface area contributed by atoms with Gasteiger partial charge in [-0.15, -0.1) is 0 Å². The fourth-order valence-electron chi connectivity index (χ4n) is 3.49. The van der Waals surface area contributed by atoms with Gasteiger partial charge in [-0.2, -0.15) is 38.5 Å². The maximum atomic E-state index is 13.2. The van der Waals surface area contributed by atoms with E-state index in [1.54, 1.807) is 13.0 Å². The molecule has 0 spiro atoms. The molecule has 2 aromatic rings. The van der Waals surface area contributed by atoms with Crippen molar-refractivity contribution in [3.8, 4) is 12.0 Å². The molecular formula is C21H20F5N9. The standard InChI is InChI=1S/C21H20F5N9/c1-3-28-15(19(11-27)5-6-19)8-12(2)29-16-31-17(30-13-9-20(22,23)10-13)33-18(32-16)35-7-4-14(34-35)21(24,25)26/h3-4,7-8,13H,1,5-6,9-10H2,2H3,(H2,29,30,31,32,33)/b12-8+,28-15?. The van der Waals surface area contributed by atoms with Gasteiger partial charge in [0.25, 0.3) is 11.9 Å². The highest BCUT2D eigenvalue weighted by Gasteiger charge is 2.47. The highest BCUT2D eigenvalue weighted by molar-refractivity contribution is 6.04. The van der Waals surface area contributed by atoms with Crippen LogP contribution in [0.1, 0.15) is 38.3 Å². The normalized spacial score (nSPS) is 19.5. The number of rotatable bonds is 8. The van der Waals surface area contributed by atoms with Gasteiger partial charge in [0.05, 0.1) is 17.2 Å². The van der Waals surface area contributed by atoms with Gasteiger partial charge < -0.3 is 10.6 Å². The summed E-state index contributed by atoms with van der Waals surface area (Å²) in [7, 11) is 0. The van der Waals surface area contributed by atoms with Crippen LogP contribution in [-0.2, 0) is 6.18 Å². The summed E-state index contributed by atoms with van der Waals surface area (Å²) in [6, 6.07) is 2.39. The molecule has 0 saturated heterocycles. The van der Waals surface area contributed by atoms with Gasteiger partial charge in [0.1, 0.15) is 0 Å². The summed E-state index contributed by atoms with van der Waals surface area (Å²) >= 11 is 0. The molecule has 35 heavy (non-hydrogen) atoms. The summed E-state index contributed by atoms with van der Waals surface area (Å²) in [5, 5.41) is 18.6. The maximum absolute atomic E-state index is 13.2. The fourth-order valence-corrected chi connectivity index (χ4v) is 3.49. The molecule has 0 amide bonds. The number of alkyl halides is 5. The Morgan fingerprint density at radius 1 is 1.26 bits per heavy atom. The molecule has 2 heterocycles. The number of nitrogens with one attached hydrogen (secondary N) is 2. The van der Waals surface area contributed by atoms with Gasteiger partial charge in [-0.1, -0.05) is 6.58 Å². The number of aromatic nitrogens is 5. The first-order valence-corrected chi connectivity index (χ1v) is 10.5. The zero-order valence-corrected chi connectivity index (χ0v) is 18.4. The van der Waals surface area contributed by atoms with E-state index in [4.69, 9.17) is 0 Å². The molecule has 14 heteroatoms. The zero-order chi connectivity index (χ0) is 25.4. The Hall–Kier alpha value is -3.89. The van der Waals surface area contributed by atoms with E-state index >= 15 is 0 Å². The average Bonchev–Trinajstić information content (AvgIpc) is 3.37. The molecule has 2 fully saturated rings. The maximum Gasteiger partial charge on any atom is 0.435 e. The van der Waals surface area contributed by atoms with Crippen molar-refractivity contribution in [1.82, 2.24) is 24.7 Å². The van der Waals surface area contributed by atoms with E-state index in [9.17, 15) is 27.2 Å². The third-order valence-corrected chi connectivity index (χ3v) is 5.48. The second kappa shape index (κ2) is 8.71. The van der Waals surface area contributed by atoms with E-state index in [-0.39, 0.29) is 17.8 Å². The van der Waals surface area contributed by atoms with Crippen LogP contribution in [0, 0.1) is 16.7 Å². The van der Waals surface area contributed by atoms with Crippen molar-refractivity contribution in [2.45, 2.75) is 50.7 Å². The lowest BCUT2D eigenvalue weighted by Crippen LogP contribution is -2.44. The molecule has 0 atom stereocenters. The Labute approximate surface area is 196 Å². The highest BCUT2D eigenvalue weighted by atomic mass is 19.4. The number of allylic oxidation sites excluding steroid dienone is 2. The molecule has 0 aromatic carbocycles. The van der Waals surface area contributed by atoms with Crippen LogP contribution in [0.4, 0.5) is 33.8 Å². The fraction of sp³-hybridized carbons (Fsp3) is 0.429. The first-order valence-electron chi connectivity index (χ1n) is 10.5. The number of hydrogen-bond donors (Lipinski definition) is 2. The Morgan fingerprint density at radius 2 is 1.94 bits per heavy atom. The van der Waals surface area contributed by atoms with E-state index < -0.39 is 42.1 Å². The average molecular weight is 493 g/mol. The summed E-state index contributed by atoms with van der Waals surface area (Å²) in [6.07, 6.45) is -0.239. The van der Waals surface area contributed by atoms with Crippen LogP contribution in [-0.4, -0.2) is 42.4 Å². The van der Waals surface area contributed by atoms with Crippen LogP contribution in [0.25, 0.3) is 5.95 Å². The number of anilines is 2. The lowest BCUT2D eigenvalue weighted by Gasteiger charge is -2.35. The molecule has 2 aromatic heterocycles. The molecular weight excluding hydrogens is 473 g/mol. The minimum Gasteiger partial charge on any atom is -0.351 e. The molecule has 0 bridgehead atoms. The second-order valence-corrected chi connectivity index (χ2v) is 8.37. The van der Waals surface area contributed by atoms with Crippen LogP contribution >= 0.6 is 0 Å². The van der Waals surface area contributed by atoms with Crippen molar-refractivity contribution < 1.29 is 22.0 Å². The summed E-state index contributed by atoms with van der Waals surface area (Å²) in [5.41, 5.74) is -0.881. The van der Waals surface area contributed by atoms with Crippen LogP contribution in [0.3, 0.4) is 0 Å². The van der Waals surface area contributed by atoms with Crippen molar-refractivity contribution in [2.75, 3.05) is 10.6 Å². The topological polar surface area (TPSA) is 117 Å². The molecule has 9 nitrogen and oxygen atoms in total. The highest BCUT2D eigenvalue weighted by Crippen LogP contribution is 2.47. The van der Waals surface area contributed by atoms with E-state index in [0.29, 0.717) is 24.3 Å². The molecule has 2 saturated carbocycles. The number of nitriles is 1. The zero-order valence-electron chi connectivity index (χ0n) is 18.4. The summed E-state index contributed by atoms with van der Waals surface area (Å²) in [6.45, 7) is 5.22. The summed E-state index contributed by atoms with van der Waals surface area (Å²) < 4.78 is 66.3. The predicted octanol–water partition coefficient (Wildman–Crippen LogP) is 4.49. The van der Waals surface area contributed by atoms with Crippen molar-refractivity contribution in [3.63, 3.8) is 0 Å². The lowest BCUT2D eigenvalue weighted by atomic mass is 9.88. The molecule has 4 rings (SSSR count). The molecule has 0 unspecified atom stereocenters. The van der Waals surface area contributed by atoms with Gasteiger partial charge in [-0.3, -0.25) is 4.99 Å². The van der Waals surface area contributed by atoms with Crippen LogP contribution in [0.5, 0.6) is 0 Å². The van der Waals surface area contributed by atoms with E-state index in [1.165, 1.54) is 6.20 Å². The van der Waals surface area contributed by atoms with Crippen molar-refractivity contribution in [1.29, 1.82) is 5.26 Å². The number of halogens is 5. The van der Waals surface area contributed by atoms with Gasteiger partial charge in [-0.25, -0.2) is 13.5 Å². The quantitative estimate of drug-likeness (QED) is 0.411. The van der Waals surface area contributed by atoms with Crippen molar-refractivity contribution in [3.05, 3.63) is 42.5 Å². The van der Waals surface area contributed by atoms with Crippen molar-refractivity contribution >= 4 is 17.6 Å². The van der Waals surface area contributed by atoms with Gasteiger partial charge >= 0.3 is 6.18 Å². The number of hydrogen-bond acceptors (Lipinski definition) is 8. The molecule has 2 aliphatic carbocycles. The smallest absolute Gasteiger partial charge is 0.351 e. The molecule has 0 aliphatic heterocycles. The summed E-state index contributed by atoms with van der Waals surface area (Å²) in [4.78, 5) is 16.5. The minimum absolute atomic E-state index is 0.0684. The largest absolute Gasteiger partial charge is 0.435 e. The number of aliphatic imine (C=N–C) groups is 1. The Morgan fingerprint density at radius 3 is 2.49 bits per heavy atom. The minimum atomic E-state index is -4.67. The Balaban J connectivity index is 1.64. The van der Waals surface area contributed by atoms with Crippen LogP contribution in [0.2, 0.25) is 0 Å². The van der Waals surface area contributed by atoms with Crippen molar-refractivity contribution in [2.24, 2.45) is 10.4 Å².